The van der Waals surface area contributed by atoms with Crippen molar-refractivity contribution in [1.82, 2.24) is 0 Å². The molecule has 0 aromatic rings. The summed E-state index contributed by atoms with van der Waals surface area (Å²) < 4.78 is 0. The van der Waals surface area contributed by atoms with Gasteiger partial charge in [-0.05, 0) is 19.4 Å². The molecule has 46 valence electrons. The summed E-state index contributed by atoms with van der Waals surface area (Å²) >= 11 is 0. The first-order chi connectivity index (χ1) is 3.66. The Bertz CT molecular complexity index is 112. The Hall–Kier alpha value is -0.720. The molecule has 2 N–H and O–H groups in total. The van der Waals surface area contributed by atoms with Gasteiger partial charge >= 0.3 is 0 Å². The topological polar surface area (TPSA) is 26.0 Å². The molecule has 8 heavy (non-hydrogen) atoms. The first-order valence-corrected chi connectivity index (χ1v) is 2.78. The Labute approximate surface area is 50.9 Å². The molecule has 0 heterocycles. The van der Waals surface area contributed by atoms with Gasteiger partial charge in [0.15, 0.2) is 0 Å². The van der Waals surface area contributed by atoms with E-state index in [9.17, 15) is 0 Å². The zero-order valence-corrected chi connectivity index (χ0v) is 5.57. The first-order valence-electron chi connectivity index (χ1n) is 2.78. The number of allylic oxidation sites excluding steroid dienone is 2. The predicted octanol–water partition coefficient (Wildman–Crippen LogP) is 1.82. The summed E-state index contributed by atoms with van der Waals surface area (Å²) in [5, 5.41) is 0. The fourth-order valence-corrected chi connectivity index (χ4v) is 0.419. The summed E-state index contributed by atoms with van der Waals surface area (Å²) in [4.78, 5) is 0. The third-order valence-corrected chi connectivity index (χ3v) is 0.989. The van der Waals surface area contributed by atoms with Crippen LogP contribution in [0.5, 0.6) is 0 Å². The Morgan fingerprint density at radius 3 is 2.38 bits per heavy atom. The first kappa shape index (κ1) is 7.28. The molecule has 0 aromatic heterocycles. The zero-order valence-electron chi connectivity index (χ0n) is 5.57. The van der Waals surface area contributed by atoms with Gasteiger partial charge in [0.1, 0.15) is 0 Å². The maximum Gasteiger partial charge on any atom is 0.0240 e. The third kappa shape index (κ3) is 3.47. The number of hydrogen-bond donors (Lipinski definition) is 1. The van der Waals surface area contributed by atoms with Crippen molar-refractivity contribution in [2.24, 2.45) is 5.73 Å². The van der Waals surface area contributed by atoms with E-state index in [1.165, 1.54) is 5.57 Å². The van der Waals surface area contributed by atoms with E-state index < -0.39 is 0 Å². The Morgan fingerprint density at radius 2 is 2.25 bits per heavy atom. The molecular weight excluding hydrogens is 98.1 g/mol. The molecule has 0 rings (SSSR count). The van der Waals surface area contributed by atoms with Crippen LogP contribution < -0.4 is 5.73 Å². The number of hydrogen-bond acceptors (Lipinski definition) is 1. The van der Waals surface area contributed by atoms with E-state index in [4.69, 9.17) is 5.73 Å². The minimum atomic E-state index is 0.643. The molecule has 0 saturated carbocycles. The summed E-state index contributed by atoms with van der Waals surface area (Å²) in [5.74, 6) is 0. The van der Waals surface area contributed by atoms with Gasteiger partial charge in [-0.2, -0.15) is 0 Å². The monoisotopic (exact) mass is 111 g/mol. The standard InChI is InChI=1S/C7H13N/c1-4-6(2)5-7(3)8/h5H,3-4,8H2,1-2H3/b6-5+. The van der Waals surface area contributed by atoms with E-state index in [0.717, 1.165) is 6.42 Å². The van der Waals surface area contributed by atoms with E-state index >= 15 is 0 Å². The highest BCUT2D eigenvalue weighted by atomic mass is 14.5. The fourth-order valence-electron chi connectivity index (χ4n) is 0.419. The smallest absolute Gasteiger partial charge is 0.0240 e. The van der Waals surface area contributed by atoms with Crippen LogP contribution in [0.2, 0.25) is 0 Å². The van der Waals surface area contributed by atoms with Crippen LogP contribution in [-0.2, 0) is 0 Å². The Kier molecular flexibility index (Phi) is 3.01. The maximum absolute atomic E-state index is 5.30. The SMILES string of the molecule is C=C(N)/C=C(\C)CC. The van der Waals surface area contributed by atoms with Crippen molar-refractivity contribution in [3.05, 3.63) is 23.9 Å². The molecule has 0 bridgehead atoms. The van der Waals surface area contributed by atoms with Crippen molar-refractivity contribution in [2.75, 3.05) is 0 Å². The summed E-state index contributed by atoms with van der Waals surface area (Å²) in [7, 11) is 0. The van der Waals surface area contributed by atoms with Gasteiger partial charge in [0.2, 0.25) is 0 Å². The van der Waals surface area contributed by atoms with Gasteiger partial charge in [-0.1, -0.05) is 19.1 Å². The van der Waals surface area contributed by atoms with Crippen LogP contribution in [0.3, 0.4) is 0 Å². The lowest BCUT2D eigenvalue weighted by Gasteiger charge is -1.91. The van der Waals surface area contributed by atoms with Crippen molar-refractivity contribution < 1.29 is 0 Å². The summed E-state index contributed by atoms with van der Waals surface area (Å²) in [6.45, 7) is 7.68. The lowest BCUT2D eigenvalue weighted by atomic mass is 10.2. The van der Waals surface area contributed by atoms with Crippen LogP contribution in [0.15, 0.2) is 23.9 Å². The van der Waals surface area contributed by atoms with E-state index in [1.807, 2.05) is 13.0 Å². The third-order valence-electron chi connectivity index (χ3n) is 0.989. The minimum absolute atomic E-state index is 0.643. The van der Waals surface area contributed by atoms with Crippen LogP contribution in [0, 0.1) is 0 Å². The lowest BCUT2D eigenvalue weighted by Crippen LogP contribution is -1.89. The summed E-state index contributed by atoms with van der Waals surface area (Å²) in [5.41, 5.74) is 7.22. The molecule has 0 aliphatic heterocycles. The van der Waals surface area contributed by atoms with Crippen LogP contribution in [0.25, 0.3) is 0 Å². The van der Waals surface area contributed by atoms with Crippen molar-refractivity contribution in [3.8, 4) is 0 Å². The van der Waals surface area contributed by atoms with Crippen molar-refractivity contribution in [3.63, 3.8) is 0 Å². The Balaban J connectivity index is 3.75. The van der Waals surface area contributed by atoms with E-state index in [2.05, 4.69) is 13.5 Å². The summed E-state index contributed by atoms with van der Waals surface area (Å²) in [6, 6.07) is 0. The van der Waals surface area contributed by atoms with Crippen LogP contribution in [0.4, 0.5) is 0 Å². The van der Waals surface area contributed by atoms with Crippen molar-refractivity contribution >= 4 is 0 Å². The van der Waals surface area contributed by atoms with Crippen molar-refractivity contribution in [1.29, 1.82) is 0 Å². The zero-order chi connectivity index (χ0) is 6.57. The molecule has 0 amide bonds. The van der Waals surface area contributed by atoms with E-state index in [-0.39, 0.29) is 0 Å². The van der Waals surface area contributed by atoms with Crippen LogP contribution >= 0.6 is 0 Å². The molecule has 1 nitrogen and oxygen atoms in total. The van der Waals surface area contributed by atoms with Crippen LogP contribution in [0.1, 0.15) is 20.3 Å². The average molecular weight is 111 g/mol. The molecular formula is C7H13N. The molecule has 0 radical (unpaired) electrons. The normalized spacial score (nSPS) is 11.5. The van der Waals surface area contributed by atoms with Gasteiger partial charge in [-0.15, -0.1) is 0 Å². The van der Waals surface area contributed by atoms with Crippen LogP contribution in [-0.4, -0.2) is 0 Å². The number of nitrogens with two attached hydrogens (primary N) is 1. The highest BCUT2D eigenvalue weighted by Gasteiger charge is 1.80. The fraction of sp³-hybridized carbons (Fsp3) is 0.429. The molecule has 0 fully saturated rings. The van der Waals surface area contributed by atoms with Gasteiger partial charge in [-0.25, -0.2) is 0 Å². The molecule has 0 aromatic carbocycles. The molecule has 0 unspecified atom stereocenters. The summed E-state index contributed by atoms with van der Waals surface area (Å²) in [6.07, 6.45) is 2.94. The Morgan fingerprint density at radius 1 is 1.75 bits per heavy atom. The molecule has 1 heteroatoms. The molecule has 0 atom stereocenters. The highest BCUT2D eigenvalue weighted by Crippen LogP contribution is 1.98. The van der Waals surface area contributed by atoms with Gasteiger partial charge in [0.05, 0.1) is 0 Å². The van der Waals surface area contributed by atoms with Gasteiger partial charge in [0.25, 0.3) is 0 Å². The second-order valence-electron chi connectivity index (χ2n) is 1.92. The van der Waals surface area contributed by atoms with E-state index in [0.29, 0.717) is 5.70 Å². The second-order valence-corrected chi connectivity index (χ2v) is 1.92. The molecule has 0 aliphatic carbocycles. The lowest BCUT2D eigenvalue weighted by molar-refractivity contribution is 1.09. The predicted molar refractivity (Wildman–Crippen MR) is 37.4 cm³/mol. The van der Waals surface area contributed by atoms with E-state index in [1.54, 1.807) is 0 Å². The maximum atomic E-state index is 5.30. The average Bonchev–Trinajstić information content (AvgIpc) is 1.65. The highest BCUT2D eigenvalue weighted by molar-refractivity contribution is 5.15. The van der Waals surface area contributed by atoms with Gasteiger partial charge in [0, 0.05) is 5.70 Å². The largest absolute Gasteiger partial charge is 0.399 e. The van der Waals surface area contributed by atoms with Gasteiger partial charge < -0.3 is 5.73 Å². The number of rotatable bonds is 2. The van der Waals surface area contributed by atoms with Crippen molar-refractivity contribution in [2.45, 2.75) is 20.3 Å². The quantitative estimate of drug-likeness (QED) is 0.540. The van der Waals surface area contributed by atoms with Gasteiger partial charge in [-0.3, -0.25) is 0 Å². The molecule has 0 saturated heterocycles. The molecule has 0 spiro atoms. The second kappa shape index (κ2) is 3.30. The minimum Gasteiger partial charge on any atom is -0.399 e. The molecule has 0 aliphatic rings.